The maximum absolute atomic E-state index is 5.88. The highest BCUT2D eigenvalue weighted by atomic mass is 16.5. The maximum Gasteiger partial charge on any atom is 0.171 e. The van der Waals surface area contributed by atoms with Gasteiger partial charge in [-0.25, -0.2) is 4.98 Å². The molecule has 5 heteroatoms. The van der Waals surface area contributed by atoms with E-state index in [1.165, 1.54) is 0 Å². The predicted molar refractivity (Wildman–Crippen MR) is 72.8 cm³/mol. The summed E-state index contributed by atoms with van der Waals surface area (Å²) < 4.78 is 5.33. The molecule has 0 spiro atoms. The molecule has 0 radical (unpaired) electrons. The molecule has 18 heavy (non-hydrogen) atoms. The lowest BCUT2D eigenvalue weighted by Crippen LogP contribution is -2.18. The number of imidazole rings is 1. The van der Waals surface area contributed by atoms with E-state index in [-0.39, 0.29) is 0 Å². The minimum Gasteiger partial charge on any atom is -0.496 e. The summed E-state index contributed by atoms with van der Waals surface area (Å²) in [5.41, 5.74) is 6.98. The fourth-order valence-electron chi connectivity index (χ4n) is 1.95. The SMILES string of the molecule is COc1ccccc1CN(C)c1nc(C)[nH]c1N. The average Bonchev–Trinajstić information content (AvgIpc) is 2.69. The number of para-hydroxylation sites is 1. The van der Waals surface area contributed by atoms with Crippen molar-refractivity contribution >= 4 is 11.6 Å². The van der Waals surface area contributed by atoms with Crippen LogP contribution in [0.1, 0.15) is 11.4 Å². The molecule has 2 rings (SSSR count). The van der Waals surface area contributed by atoms with E-state index < -0.39 is 0 Å². The Labute approximate surface area is 107 Å². The number of hydrogen-bond acceptors (Lipinski definition) is 4. The number of hydrogen-bond donors (Lipinski definition) is 2. The second kappa shape index (κ2) is 5.00. The van der Waals surface area contributed by atoms with Crippen molar-refractivity contribution < 1.29 is 4.74 Å². The van der Waals surface area contributed by atoms with Gasteiger partial charge in [-0.15, -0.1) is 0 Å². The van der Waals surface area contributed by atoms with Gasteiger partial charge in [-0.3, -0.25) is 0 Å². The molecule has 1 aromatic heterocycles. The van der Waals surface area contributed by atoms with Crippen molar-refractivity contribution in [2.24, 2.45) is 0 Å². The van der Waals surface area contributed by atoms with Crippen molar-refractivity contribution in [2.75, 3.05) is 24.8 Å². The molecule has 1 aromatic carbocycles. The molecule has 2 aromatic rings. The largest absolute Gasteiger partial charge is 0.496 e. The van der Waals surface area contributed by atoms with Crippen LogP contribution in [0.3, 0.4) is 0 Å². The molecule has 0 aliphatic carbocycles. The van der Waals surface area contributed by atoms with Gasteiger partial charge in [0.05, 0.1) is 7.11 Å². The van der Waals surface area contributed by atoms with Gasteiger partial charge in [0, 0.05) is 19.2 Å². The minimum absolute atomic E-state index is 0.588. The predicted octanol–water partition coefficient (Wildman–Crippen LogP) is 1.95. The number of rotatable bonds is 4. The zero-order valence-electron chi connectivity index (χ0n) is 10.9. The van der Waals surface area contributed by atoms with E-state index in [0.717, 1.165) is 23.0 Å². The average molecular weight is 246 g/mol. The maximum atomic E-state index is 5.88. The summed E-state index contributed by atoms with van der Waals surface area (Å²) in [4.78, 5) is 9.36. The van der Waals surface area contributed by atoms with Crippen molar-refractivity contribution in [1.82, 2.24) is 9.97 Å². The van der Waals surface area contributed by atoms with Crippen LogP contribution in [0, 0.1) is 6.92 Å². The number of nitrogens with one attached hydrogen (secondary N) is 1. The molecule has 96 valence electrons. The molecule has 0 saturated heterocycles. The molecule has 0 amide bonds. The Kier molecular flexibility index (Phi) is 3.41. The normalized spacial score (nSPS) is 10.4. The van der Waals surface area contributed by atoms with Gasteiger partial charge in [-0.05, 0) is 13.0 Å². The number of methoxy groups -OCH3 is 1. The Morgan fingerprint density at radius 1 is 1.39 bits per heavy atom. The lowest BCUT2D eigenvalue weighted by molar-refractivity contribution is 0.409. The van der Waals surface area contributed by atoms with Crippen molar-refractivity contribution in [3.63, 3.8) is 0 Å². The Bertz CT molecular complexity index is 536. The second-order valence-corrected chi connectivity index (χ2v) is 4.23. The summed E-state index contributed by atoms with van der Waals surface area (Å²) >= 11 is 0. The number of anilines is 2. The number of aryl methyl sites for hydroxylation is 1. The first-order valence-corrected chi connectivity index (χ1v) is 5.77. The van der Waals surface area contributed by atoms with Crippen molar-refractivity contribution in [1.29, 1.82) is 0 Å². The summed E-state index contributed by atoms with van der Waals surface area (Å²) in [5.74, 6) is 3.04. The van der Waals surface area contributed by atoms with Crippen molar-refractivity contribution in [3.8, 4) is 5.75 Å². The van der Waals surface area contributed by atoms with E-state index in [9.17, 15) is 0 Å². The van der Waals surface area contributed by atoms with Crippen LogP contribution in [0.2, 0.25) is 0 Å². The zero-order valence-corrected chi connectivity index (χ0v) is 10.9. The summed E-state index contributed by atoms with van der Waals surface area (Å²) in [6.07, 6.45) is 0. The first-order valence-electron chi connectivity index (χ1n) is 5.77. The van der Waals surface area contributed by atoms with Crippen LogP contribution in [0.15, 0.2) is 24.3 Å². The molecule has 0 atom stereocenters. The van der Waals surface area contributed by atoms with E-state index in [0.29, 0.717) is 12.4 Å². The third-order valence-electron chi connectivity index (χ3n) is 2.79. The van der Waals surface area contributed by atoms with Gasteiger partial charge in [-0.1, -0.05) is 18.2 Å². The van der Waals surface area contributed by atoms with Gasteiger partial charge in [0.15, 0.2) is 5.82 Å². The van der Waals surface area contributed by atoms with Crippen LogP contribution in [0.4, 0.5) is 11.6 Å². The number of aromatic amines is 1. The van der Waals surface area contributed by atoms with Crippen LogP contribution >= 0.6 is 0 Å². The number of nitrogens with zero attached hydrogens (tertiary/aromatic N) is 2. The van der Waals surface area contributed by atoms with E-state index in [2.05, 4.69) is 9.97 Å². The molecular weight excluding hydrogens is 228 g/mol. The molecule has 5 nitrogen and oxygen atoms in total. The highest BCUT2D eigenvalue weighted by Crippen LogP contribution is 2.24. The van der Waals surface area contributed by atoms with Crippen LogP contribution in [0.25, 0.3) is 0 Å². The van der Waals surface area contributed by atoms with Crippen LogP contribution in [-0.2, 0) is 6.54 Å². The highest BCUT2D eigenvalue weighted by Gasteiger charge is 2.12. The molecule has 0 bridgehead atoms. The van der Waals surface area contributed by atoms with Gasteiger partial charge >= 0.3 is 0 Å². The summed E-state index contributed by atoms with van der Waals surface area (Å²) in [5, 5.41) is 0. The lowest BCUT2D eigenvalue weighted by Gasteiger charge is -2.18. The first-order chi connectivity index (χ1) is 8.61. The molecule has 0 saturated carbocycles. The quantitative estimate of drug-likeness (QED) is 0.865. The number of aromatic nitrogens is 2. The molecule has 0 aliphatic heterocycles. The number of ether oxygens (including phenoxy) is 1. The highest BCUT2D eigenvalue weighted by molar-refractivity contribution is 5.59. The monoisotopic (exact) mass is 246 g/mol. The smallest absolute Gasteiger partial charge is 0.171 e. The minimum atomic E-state index is 0.588. The summed E-state index contributed by atoms with van der Waals surface area (Å²) in [6.45, 7) is 2.58. The Hall–Kier alpha value is -2.17. The van der Waals surface area contributed by atoms with E-state index >= 15 is 0 Å². The topological polar surface area (TPSA) is 67.2 Å². The van der Waals surface area contributed by atoms with Gasteiger partial charge in [0.25, 0.3) is 0 Å². The molecular formula is C13H18N4O. The number of nitrogens with two attached hydrogens (primary N) is 1. The van der Waals surface area contributed by atoms with Gasteiger partial charge in [-0.2, -0.15) is 0 Å². The van der Waals surface area contributed by atoms with Crippen LogP contribution in [-0.4, -0.2) is 24.1 Å². The molecule has 0 unspecified atom stereocenters. The number of benzene rings is 1. The zero-order chi connectivity index (χ0) is 13.1. The van der Waals surface area contributed by atoms with E-state index in [1.807, 2.05) is 43.1 Å². The van der Waals surface area contributed by atoms with Crippen LogP contribution < -0.4 is 15.4 Å². The Balaban J connectivity index is 2.21. The second-order valence-electron chi connectivity index (χ2n) is 4.23. The third-order valence-corrected chi connectivity index (χ3v) is 2.79. The Morgan fingerprint density at radius 2 is 2.11 bits per heavy atom. The number of H-pyrrole nitrogens is 1. The Morgan fingerprint density at radius 3 is 2.72 bits per heavy atom. The van der Waals surface area contributed by atoms with E-state index in [1.54, 1.807) is 7.11 Å². The molecule has 1 heterocycles. The van der Waals surface area contributed by atoms with Gasteiger partial charge < -0.3 is 20.4 Å². The van der Waals surface area contributed by atoms with Crippen LogP contribution in [0.5, 0.6) is 5.75 Å². The lowest BCUT2D eigenvalue weighted by atomic mass is 10.2. The van der Waals surface area contributed by atoms with Crippen molar-refractivity contribution in [3.05, 3.63) is 35.7 Å². The fourth-order valence-corrected chi connectivity index (χ4v) is 1.95. The molecule has 0 fully saturated rings. The van der Waals surface area contributed by atoms with E-state index in [4.69, 9.17) is 10.5 Å². The standard InChI is InChI=1S/C13H18N4O/c1-9-15-12(14)13(16-9)17(2)8-10-6-4-5-7-11(10)18-3/h4-7H,8,14H2,1-3H3,(H,15,16). The molecule has 3 N–H and O–H groups in total. The van der Waals surface area contributed by atoms with Gasteiger partial charge in [0.1, 0.15) is 17.4 Å². The van der Waals surface area contributed by atoms with Gasteiger partial charge in [0.2, 0.25) is 0 Å². The third kappa shape index (κ3) is 2.40. The number of nitrogen functional groups attached to an aromatic ring is 1. The fraction of sp³-hybridized carbons (Fsp3) is 0.308. The first kappa shape index (κ1) is 12.3. The summed E-state index contributed by atoms with van der Waals surface area (Å²) in [7, 11) is 3.63. The molecule has 0 aliphatic rings. The summed E-state index contributed by atoms with van der Waals surface area (Å²) in [6, 6.07) is 7.92. The van der Waals surface area contributed by atoms with Crippen molar-refractivity contribution in [2.45, 2.75) is 13.5 Å².